The number of Topliss-reactive ketones (excluding diaryl/α,β-unsaturated/α-hetero) is 1. The second-order valence-electron chi connectivity index (χ2n) is 8.84. The van der Waals surface area contributed by atoms with Gasteiger partial charge in [0.05, 0.1) is 18.7 Å². The summed E-state index contributed by atoms with van der Waals surface area (Å²) in [6.45, 7) is 2.03. The molecule has 1 aliphatic heterocycles. The van der Waals surface area contributed by atoms with Gasteiger partial charge in [-0.15, -0.1) is 0 Å². The Kier molecular flexibility index (Phi) is 6.06. The number of aromatic nitrogens is 1. The number of amides is 1. The molecule has 6 nitrogen and oxygen atoms in total. The molecule has 1 amide bonds. The Labute approximate surface area is 207 Å². The van der Waals surface area contributed by atoms with Crippen LogP contribution < -0.4 is 4.74 Å². The highest BCUT2D eigenvalue weighted by Crippen LogP contribution is 2.42. The summed E-state index contributed by atoms with van der Waals surface area (Å²) in [6.07, 6.45) is 2.20. The number of para-hydroxylation sites is 1. The number of ketones is 1. The summed E-state index contributed by atoms with van der Waals surface area (Å²) in [5.41, 5.74) is 3.62. The van der Waals surface area contributed by atoms with Crippen molar-refractivity contribution in [3.63, 3.8) is 0 Å². The minimum atomic E-state index is -0.789. The van der Waals surface area contributed by atoms with E-state index in [9.17, 15) is 19.1 Å². The molecule has 5 rings (SSSR count). The van der Waals surface area contributed by atoms with Gasteiger partial charge in [-0.3, -0.25) is 9.59 Å². The largest absolute Gasteiger partial charge is 0.507 e. The number of H-pyrrole nitrogens is 1. The Morgan fingerprint density at radius 3 is 2.56 bits per heavy atom. The van der Waals surface area contributed by atoms with Gasteiger partial charge in [0.1, 0.15) is 17.3 Å². The third kappa shape index (κ3) is 4.02. The van der Waals surface area contributed by atoms with Crippen LogP contribution in [0.1, 0.15) is 28.3 Å². The summed E-state index contributed by atoms with van der Waals surface area (Å²) in [7, 11) is 1.55. The first kappa shape index (κ1) is 23.4. The van der Waals surface area contributed by atoms with Crippen LogP contribution in [-0.4, -0.2) is 40.3 Å². The Morgan fingerprint density at radius 2 is 1.83 bits per heavy atom. The summed E-state index contributed by atoms with van der Waals surface area (Å²) in [5, 5.41) is 12.3. The number of halogens is 1. The number of aliphatic hydroxyl groups excluding tert-OH is 1. The van der Waals surface area contributed by atoms with Gasteiger partial charge < -0.3 is 19.7 Å². The zero-order valence-electron chi connectivity index (χ0n) is 19.9. The molecule has 36 heavy (non-hydrogen) atoms. The van der Waals surface area contributed by atoms with E-state index in [0.29, 0.717) is 23.3 Å². The van der Waals surface area contributed by atoms with E-state index in [1.165, 1.54) is 17.0 Å². The van der Waals surface area contributed by atoms with Crippen LogP contribution >= 0.6 is 0 Å². The highest BCUT2D eigenvalue weighted by atomic mass is 19.1. The van der Waals surface area contributed by atoms with E-state index in [-0.39, 0.29) is 23.7 Å². The Hall–Kier alpha value is -4.39. The molecule has 2 heterocycles. The number of ether oxygens (including phenoxy) is 1. The molecule has 1 unspecified atom stereocenters. The van der Waals surface area contributed by atoms with Crippen LogP contribution in [0.15, 0.2) is 78.5 Å². The van der Waals surface area contributed by atoms with Crippen LogP contribution in [0.3, 0.4) is 0 Å². The molecule has 1 aromatic heterocycles. The van der Waals surface area contributed by atoms with E-state index in [1.807, 2.05) is 31.2 Å². The molecule has 3 aromatic carbocycles. The van der Waals surface area contributed by atoms with Crippen molar-refractivity contribution in [2.75, 3.05) is 13.7 Å². The van der Waals surface area contributed by atoms with Gasteiger partial charge >= 0.3 is 0 Å². The number of carbonyl (C=O) groups is 2. The molecule has 1 fully saturated rings. The number of benzene rings is 3. The number of rotatable bonds is 6. The average Bonchev–Trinajstić information content (AvgIpc) is 3.41. The normalized spacial score (nSPS) is 17.2. The monoisotopic (exact) mass is 484 g/mol. The fourth-order valence-electron chi connectivity index (χ4n) is 4.83. The zero-order chi connectivity index (χ0) is 25.4. The maximum absolute atomic E-state index is 13.4. The molecule has 7 heteroatoms. The van der Waals surface area contributed by atoms with E-state index < -0.39 is 17.7 Å². The number of fused-ring (bicyclic) bond motifs is 1. The third-order valence-corrected chi connectivity index (χ3v) is 6.70. The topological polar surface area (TPSA) is 82.6 Å². The molecule has 182 valence electrons. The smallest absolute Gasteiger partial charge is 0.295 e. The first-order chi connectivity index (χ1) is 17.4. The summed E-state index contributed by atoms with van der Waals surface area (Å²) in [6, 6.07) is 18.0. The summed E-state index contributed by atoms with van der Waals surface area (Å²) in [4.78, 5) is 31.4. The fourth-order valence-corrected chi connectivity index (χ4v) is 4.83. The molecule has 4 aromatic rings. The van der Waals surface area contributed by atoms with Gasteiger partial charge in [0.25, 0.3) is 11.7 Å². The van der Waals surface area contributed by atoms with Gasteiger partial charge in [0.2, 0.25) is 0 Å². The molecule has 0 spiro atoms. The quantitative estimate of drug-likeness (QED) is 0.221. The lowest BCUT2D eigenvalue weighted by Crippen LogP contribution is -2.31. The second kappa shape index (κ2) is 9.34. The van der Waals surface area contributed by atoms with Crippen molar-refractivity contribution in [3.8, 4) is 5.75 Å². The molecule has 0 bridgehead atoms. The molecule has 0 aliphatic carbocycles. The number of aromatic amines is 1. The van der Waals surface area contributed by atoms with Gasteiger partial charge in [0.15, 0.2) is 0 Å². The van der Waals surface area contributed by atoms with Gasteiger partial charge in [-0.05, 0) is 60.9 Å². The van der Waals surface area contributed by atoms with Crippen LogP contribution in [-0.2, 0) is 16.0 Å². The predicted octanol–water partition coefficient (Wildman–Crippen LogP) is 5.29. The zero-order valence-corrected chi connectivity index (χ0v) is 19.9. The molecular formula is C29H25FN2O4. The molecule has 0 saturated carbocycles. The molecule has 1 saturated heterocycles. The maximum Gasteiger partial charge on any atom is 0.295 e. The number of hydrogen-bond donors (Lipinski definition) is 2. The molecule has 2 N–H and O–H groups in total. The van der Waals surface area contributed by atoms with Crippen LogP contribution in [0.4, 0.5) is 4.39 Å². The van der Waals surface area contributed by atoms with Crippen molar-refractivity contribution in [2.24, 2.45) is 0 Å². The van der Waals surface area contributed by atoms with Gasteiger partial charge in [0, 0.05) is 34.8 Å². The number of likely N-dealkylation sites (tertiary alicyclic amines) is 1. The standard InChI is InChI=1S/C29H25FN2O4/c1-17-15-20(36-2)11-12-21(17)27(33)25-26(23-16-31-24-6-4-3-5-22(23)24)32(29(35)28(25)34)14-13-18-7-9-19(30)10-8-18/h3-12,15-16,26,31,33H,13-14H2,1-2H3/b27-25+. The summed E-state index contributed by atoms with van der Waals surface area (Å²) >= 11 is 0. The van der Waals surface area contributed by atoms with E-state index in [2.05, 4.69) is 4.98 Å². The second-order valence-corrected chi connectivity index (χ2v) is 8.84. The molecule has 0 radical (unpaired) electrons. The summed E-state index contributed by atoms with van der Waals surface area (Å²) in [5.74, 6) is -1.37. The van der Waals surface area contributed by atoms with E-state index in [1.54, 1.807) is 43.6 Å². The number of nitrogens with zero attached hydrogens (tertiary/aromatic N) is 1. The number of aryl methyl sites for hydroxylation is 1. The minimum Gasteiger partial charge on any atom is -0.507 e. The average molecular weight is 485 g/mol. The minimum absolute atomic E-state index is 0.0390. The Balaban J connectivity index is 1.63. The van der Waals surface area contributed by atoms with Crippen molar-refractivity contribution in [1.82, 2.24) is 9.88 Å². The van der Waals surface area contributed by atoms with Crippen LogP contribution in [0.2, 0.25) is 0 Å². The number of nitrogens with one attached hydrogen (secondary N) is 1. The van der Waals surface area contributed by atoms with Gasteiger partial charge in [-0.2, -0.15) is 0 Å². The van der Waals surface area contributed by atoms with E-state index in [4.69, 9.17) is 4.74 Å². The van der Waals surface area contributed by atoms with Crippen molar-refractivity contribution in [1.29, 1.82) is 0 Å². The van der Waals surface area contributed by atoms with Gasteiger partial charge in [-0.25, -0.2) is 4.39 Å². The lowest BCUT2D eigenvalue weighted by Gasteiger charge is -2.25. The first-order valence-electron chi connectivity index (χ1n) is 11.6. The Morgan fingerprint density at radius 1 is 1.08 bits per heavy atom. The van der Waals surface area contributed by atoms with Crippen molar-refractivity contribution in [3.05, 3.63) is 107 Å². The highest BCUT2D eigenvalue weighted by Gasteiger charge is 2.46. The van der Waals surface area contributed by atoms with Crippen molar-refractivity contribution in [2.45, 2.75) is 19.4 Å². The lowest BCUT2D eigenvalue weighted by molar-refractivity contribution is -0.139. The first-order valence-corrected chi connectivity index (χ1v) is 11.6. The van der Waals surface area contributed by atoms with Crippen LogP contribution in [0, 0.1) is 12.7 Å². The number of carbonyl (C=O) groups excluding carboxylic acids is 2. The van der Waals surface area contributed by atoms with Crippen LogP contribution in [0.25, 0.3) is 16.7 Å². The number of aliphatic hydroxyl groups is 1. The van der Waals surface area contributed by atoms with Crippen LogP contribution in [0.5, 0.6) is 5.75 Å². The SMILES string of the molecule is COc1ccc(/C(O)=C2\C(=O)C(=O)N(CCc3ccc(F)cc3)C2c2c[nH]c3ccccc23)c(C)c1. The van der Waals surface area contributed by atoms with Gasteiger partial charge in [-0.1, -0.05) is 30.3 Å². The number of hydrogen-bond acceptors (Lipinski definition) is 4. The van der Waals surface area contributed by atoms with Crippen molar-refractivity contribution < 1.29 is 23.8 Å². The Bertz CT molecular complexity index is 1500. The van der Waals surface area contributed by atoms with E-state index >= 15 is 0 Å². The third-order valence-electron chi connectivity index (χ3n) is 6.70. The maximum atomic E-state index is 13.4. The predicted molar refractivity (Wildman–Crippen MR) is 135 cm³/mol. The number of methoxy groups -OCH3 is 1. The lowest BCUT2D eigenvalue weighted by atomic mass is 9.93. The molecular weight excluding hydrogens is 459 g/mol. The van der Waals surface area contributed by atoms with Crippen molar-refractivity contribution >= 4 is 28.4 Å². The molecule has 1 atom stereocenters. The highest BCUT2D eigenvalue weighted by molar-refractivity contribution is 6.46. The fraction of sp³-hybridized carbons (Fsp3) is 0.172. The molecule has 1 aliphatic rings. The summed E-state index contributed by atoms with van der Waals surface area (Å²) < 4.78 is 18.6. The van der Waals surface area contributed by atoms with E-state index in [0.717, 1.165) is 22.0 Å².